The van der Waals surface area contributed by atoms with E-state index in [1.807, 2.05) is 6.07 Å². The highest BCUT2D eigenvalue weighted by Crippen LogP contribution is 2.20. The first kappa shape index (κ1) is 12.5. The Hall–Kier alpha value is -1.96. The SMILES string of the molecule is CC(C)Cc1ccc(-c2cncc(C=O)c2)cc1. The van der Waals surface area contributed by atoms with E-state index in [0.717, 1.165) is 23.8 Å². The minimum absolute atomic E-state index is 0.610. The highest BCUT2D eigenvalue weighted by Gasteiger charge is 2.01. The molecule has 18 heavy (non-hydrogen) atoms. The van der Waals surface area contributed by atoms with Gasteiger partial charge in [0.05, 0.1) is 0 Å². The van der Waals surface area contributed by atoms with Gasteiger partial charge in [-0.2, -0.15) is 0 Å². The van der Waals surface area contributed by atoms with Crippen LogP contribution in [0.5, 0.6) is 0 Å². The summed E-state index contributed by atoms with van der Waals surface area (Å²) in [4.78, 5) is 14.8. The lowest BCUT2D eigenvalue weighted by Crippen LogP contribution is -1.93. The molecule has 0 atom stereocenters. The number of aromatic nitrogens is 1. The van der Waals surface area contributed by atoms with E-state index >= 15 is 0 Å². The second-order valence-corrected chi connectivity index (χ2v) is 4.92. The third-order valence-electron chi connectivity index (χ3n) is 2.83. The van der Waals surface area contributed by atoms with Crippen molar-refractivity contribution in [1.82, 2.24) is 4.98 Å². The monoisotopic (exact) mass is 239 g/mol. The van der Waals surface area contributed by atoms with Crippen LogP contribution >= 0.6 is 0 Å². The summed E-state index contributed by atoms with van der Waals surface area (Å²) in [5.41, 5.74) is 4.03. The molecule has 0 aliphatic rings. The van der Waals surface area contributed by atoms with Crippen LogP contribution in [0.3, 0.4) is 0 Å². The third kappa shape index (κ3) is 3.04. The van der Waals surface area contributed by atoms with Gasteiger partial charge in [-0.25, -0.2) is 0 Å². The Morgan fingerprint density at radius 3 is 2.44 bits per heavy atom. The Balaban J connectivity index is 2.25. The molecule has 0 amide bonds. The number of pyridine rings is 1. The summed E-state index contributed by atoms with van der Waals surface area (Å²) in [6.07, 6.45) is 5.27. The Labute approximate surface area is 108 Å². The van der Waals surface area contributed by atoms with Gasteiger partial charge in [-0.3, -0.25) is 9.78 Å². The van der Waals surface area contributed by atoms with E-state index in [0.29, 0.717) is 11.5 Å². The fourth-order valence-corrected chi connectivity index (χ4v) is 1.98. The Bertz CT molecular complexity index is 529. The molecular formula is C16H17NO. The normalized spacial score (nSPS) is 10.6. The molecule has 0 bridgehead atoms. The number of carbonyl (C=O) groups excluding carboxylic acids is 1. The average Bonchev–Trinajstić information content (AvgIpc) is 2.39. The molecule has 0 N–H and O–H groups in total. The van der Waals surface area contributed by atoms with Crippen molar-refractivity contribution in [2.45, 2.75) is 20.3 Å². The maximum Gasteiger partial charge on any atom is 0.151 e. The van der Waals surface area contributed by atoms with Crippen molar-refractivity contribution in [2.75, 3.05) is 0 Å². The first-order chi connectivity index (χ1) is 8.69. The number of aldehydes is 1. The van der Waals surface area contributed by atoms with Gasteiger partial charge in [0.2, 0.25) is 0 Å². The lowest BCUT2D eigenvalue weighted by molar-refractivity contribution is 0.112. The van der Waals surface area contributed by atoms with E-state index in [1.165, 1.54) is 5.56 Å². The Morgan fingerprint density at radius 2 is 1.83 bits per heavy atom. The molecule has 0 saturated heterocycles. The summed E-state index contributed by atoms with van der Waals surface area (Å²) < 4.78 is 0. The van der Waals surface area contributed by atoms with E-state index in [4.69, 9.17) is 0 Å². The summed E-state index contributed by atoms with van der Waals surface area (Å²) in [6.45, 7) is 4.43. The van der Waals surface area contributed by atoms with Crippen LogP contribution in [-0.2, 0) is 6.42 Å². The van der Waals surface area contributed by atoms with Crippen molar-refractivity contribution in [2.24, 2.45) is 5.92 Å². The van der Waals surface area contributed by atoms with E-state index in [9.17, 15) is 4.79 Å². The second kappa shape index (κ2) is 5.58. The number of benzene rings is 1. The van der Waals surface area contributed by atoms with Crippen LogP contribution in [0.15, 0.2) is 42.7 Å². The Morgan fingerprint density at radius 1 is 1.11 bits per heavy atom. The van der Waals surface area contributed by atoms with E-state index in [-0.39, 0.29) is 0 Å². The lowest BCUT2D eigenvalue weighted by Gasteiger charge is -2.06. The van der Waals surface area contributed by atoms with Crippen molar-refractivity contribution in [3.05, 3.63) is 53.9 Å². The molecular weight excluding hydrogens is 222 g/mol. The number of nitrogens with zero attached hydrogens (tertiary/aromatic N) is 1. The van der Waals surface area contributed by atoms with E-state index in [2.05, 4.69) is 43.1 Å². The van der Waals surface area contributed by atoms with Crippen LogP contribution in [-0.4, -0.2) is 11.3 Å². The lowest BCUT2D eigenvalue weighted by atomic mass is 9.99. The fourth-order valence-electron chi connectivity index (χ4n) is 1.98. The summed E-state index contributed by atoms with van der Waals surface area (Å²) in [5.74, 6) is 0.663. The minimum Gasteiger partial charge on any atom is -0.298 e. The molecule has 2 aromatic rings. The molecule has 2 nitrogen and oxygen atoms in total. The van der Waals surface area contributed by atoms with Crippen molar-refractivity contribution < 1.29 is 4.79 Å². The predicted molar refractivity (Wildman–Crippen MR) is 73.6 cm³/mol. The van der Waals surface area contributed by atoms with Gasteiger partial charge in [-0.1, -0.05) is 38.1 Å². The molecule has 2 heteroatoms. The zero-order valence-electron chi connectivity index (χ0n) is 10.8. The molecule has 0 saturated carbocycles. The van der Waals surface area contributed by atoms with Crippen LogP contribution < -0.4 is 0 Å². The van der Waals surface area contributed by atoms with Crippen LogP contribution in [0, 0.1) is 5.92 Å². The van der Waals surface area contributed by atoms with Crippen molar-refractivity contribution in [3.8, 4) is 11.1 Å². The van der Waals surface area contributed by atoms with Gasteiger partial charge >= 0.3 is 0 Å². The smallest absolute Gasteiger partial charge is 0.151 e. The fraction of sp³-hybridized carbons (Fsp3) is 0.250. The number of hydrogen-bond donors (Lipinski definition) is 0. The van der Waals surface area contributed by atoms with Gasteiger partial charge in [0, 0.05) is 23.5 Å². The van der Waals surface area contributed by atoms with Gasteiger partial charge < -0.3 is 0 Å². The molecule has 0 spiro atoms. The van der Waals surface area contributed by atoms with Gasteiger partial charge in [0.15, 0.2) is 6.29 Å². The topological polar surface area (TPSA) is 30.0 Å². The van der Waals surface area contributed by atoms with Crippen LogP contribution in [0.4, 0.5) is 0 Å². The highest BCUT2D eigenvalue weighted by atomic mass is 16.1. The predicted octanol–water partition coefficient (Wildman–Crippen LogP) is 3.76. The first-order valence-corrected chi connectivity index (χ1v) is 6.18. The Kier molecular flexibility index (Phi) is 3.88. The molecule has 0 fully saturated rings. The quantitative estimate of drug-likeness (QED) is 0.760. The molecule has 1 heterocycles. The van der Waals surface area contributed by atoms with Crippen LogP contribution in [0.1, 0.15) is 29.8 Å². The molecule has 2 rings (SSSR count). The van der Waals surface area contributed by atoms with Gasteiger partial charge in [-0.05, 0) is 29.5 Å². The summed E-state index contributed by atoms with van der Waals surface area (Å²) in [5, 5.41) is 0. The largest absolute Gasteiger partial charge is 0.298 e. The van der Waals surface area contributed by atoms with Crippen molar-refractivity contribution in [3.63, 3.8) is 0 Å². The van der Waals surface area contributed by atoms with Crippen molar-refractivity contribution >= 4 is 6.29 Å². The van der Waals surface area contributed by atoms with Gasteiger partial charge in [0.1, 0.15) is 0 Å². The molecule has 0 aliphatic carbocycles. The van der Waals surface area contributed by atoms with Crippen LogP contribution in [0.2, 0.25) is 0 Å². The molecule has 1 aromatic carbocycles. The second-order valence-electron chi connectivity index (χ2n) is 4.92. The first-order valence-electron chi connectivity index (χ1n) is 6.18. The summed E-state index contributed by atoms with van der Waals surface area (Å²) in [7, 11) is 0. The average molecular weight is 239 g/mol. The zero-order chi connectivity index (χ0) is 13.0. The third-order valence-corrected chi connectivity index (χ3v) is 2.83. The molecule has 0 aliphatic heterocycles. The van der Waals surface area contributed by atoms with E-state index < -0.39 is 0 Å². The number of carbonyl (C=O) groups is 1. The molecule has 0 unspecified atom stereocenters. The highest BCUT2D eigenvalue weighted by molar-refractivity contribution is 5.77. The van der Waals surface area contributed by atoms with Crippen LogP contribution in [0.25, 0.3) is 11.1 Å². The maximum absolute atomic E-state index is 10.7. The molecule has 0 radical (unpaired) electrons. The van der Waals surface area contributed by atoms with E-state index in [1.54, 1.807) is 12.4 Å². The maximum atomic E-state index is 10.7. The number of hydrogen-bond acceptors (Lipinski definition) is 2. The van der Waals surface area contributed by atoms with Gasteiger partial charge in [0.25, 0.3) is 0 Å². The molecule has 92 valence electrons. The van der Waals surface area contributed by atoms with Crippen molar-refractivity contribution in [1.29, 1.82) is 0 Å². The summed E-state index contributed by atoms with van der Waals surface area (Å²) in [6, 6.07) is 10.3. The zero-order valence-corrected chi connectivity index (χ0v) is 10.8. The number of rotatable bonds is 4. The minimum atomic E-state index is 0.610. The molecule has 1 aromatic heterocycles. The standard InChI is InChI=1S/C16H17NO/c1-12(2)7-13-3-5-15(6-4-13)16-8-14(11-18)9-17-10-16/h3-6,8-12H,7H2,1-2H3. The summed E-state index contributed by atoms with van der Waals surface area (Å²) >= 11 is 0. The van der Waals surface area contributed by atoms with Gasteiger partial charge in [-0.15, -0.1) is 0 Å².